The summed E-state index contributed by atoms with van der Waals surface area (Å²) in [4.78, 5) is 16.1. The van der Waals surface area contributed by atoms with Gasteiger partial charge in [-0.05, 0) is 24.6 Å². The molecule has 128 valence electrons. The van der Waals surface area contributed by atoms with Gasteiger partial charge in [0, 0.05) is 24.9 Å². The van der Waals surface area contributed by atoms with Gasteiger partial charge in [-0.3, -0.25) is 4.79 Å². The van der Waals surface area contributed by atoms with E-state index in [-0.39, 0.29) is 18.1 Å². The zero-order chi connectivity index (χ0) is 17.6. The number of amides is 1. The molecule has 1 heterocycles. The Morgan fingerprint density at radius 3 is 2.84 bits per heavy atom. The normalized spacial score (nSPS) is 10.6. The lowest BCUT2D eigenvalue weighted by atomic mass is 10.1. The van der Waals surface area contributed by atoms with Gasteiger partial charge < -0.3 is 9.84 Å². The Labute approximate surface area is 144 Å². The van der Waals surface area contributed by atoms with E-state index in [0.717, 1.165) is 11.1 Å². The predicted octanol–water partition coefficient (Wildman–Crippen LogP) is 3.43. The highest BCUT2D eigenvalue weighted by Crippen LogP contribution is 2.17. The second-order valence-corrected chi connectivity index (χ2v) is 5.79. The molecule has 0 saturated carbocycles. The third-order valence-corrected chi connectivity index (χ3v) is 3.69. The van der Waals surface area contributed by atoms with Gasteiger partial charge >= 0.3 is 0 Å². The first-order chi connectivity index (χ1) is 12.1. The summed E-state index contributed by atoms with van der Waals surface area (Å²) in [5.74, 6) is 0.214. The number of benzene rings is 2. The average molecular weight is 339 g/mol. The smallest absolute Gasteiger partial charge is 0.227 e. The number of nitrogens with one attached hydrogen (secondary N) is 1. The summed E-state index contributed by atoms with van der Waals surface area (Å²) in [5, 5.41) is 6.69. The van der Waals surface area contributed by atoms with Gasteiger partial charge in [-0.25, -0.2) is 4.39 Å². The van der Waals surface area contributed by atoms with Crippen molar-refractivity contribution in [1.82, 2.24) is 15.5 Å². The molecule has 3 aromatic rings. The first-order valence-corrected chi connectivity index (χ1v) is 8.01. The molecule has 1 N–H and O–H groups in total. The Hall–Kier alpha value is -3.02. The number of halogens is 1. The lowest BCUT2D eigenvalue weighted by Gasteiger charge is -2.05. The zero-order valence-electron chi connectivity index (χ0n) is 13.8. The standard InChI is InChI=1S/C19H18FN3O2/c1-13-4-2-5-14(10-13)12-21-17(24)8-9-18-22-19(23-25-18)15-6-3-7-16(20)11-15/h2-7,10-11H,8-9,12H2,1H3,(H,21,24). The number of aryl methyl sites for hydroxylation is 2. The molecule has 0 atom stereocenters. The first kappa shape index (κ1) is 16.8. The summed E-state index contributed by atoms with van der Waals surface area (Å²) in [6.07, 6.45) is 0.582. The highest BCUT2D eigenvalue weighted by atomic mass is 19.1. The lowest BCUT2D eigenvalue weighted by Crippen LogP contribution is -2.23. The second kappa shape index (κ2) is 7.70. The second-order valence-electron chi connectivity index (χ2n) is 5.79. The van der Waals surface area contributed by atoms with Crippen LogP contribution in [0.15, 0.2) is 53.1 Å². The Kier molecular flexibility index (Phi) is 5.18. The van der Waals surface area contributed by atoms with Gasteiger partial charge in [-0.2, -0.15) is 4.98 Å². The molecule has 0 unspecified atom stereocenters. The predicted molar refractivity (Wildman–Crippen MR) is 91.0 cm³/mol. The van der Waals surface area contributed by atoms with E-state index in [2.05, 4.69) is 15.5 Å². The van der Waals surface area contributed by atoms with E-state index in [0.29, 0.717) is 30.2 Å². The van der Waals surface area contributed by atoms with E-state index < -0.39 is 0 Å². The van der Waals surface area contributed by atoms with Crippen LogP contribution in [0.1, 0.15) is 23.4 Å². The highest BCUT2D eigenvalue weighted by molar-refractivity contribution is 5.76. The Bertz CT molecular complexity index is 876. The van der Waals surface area contributed by atoms with Crippen molar-refractivity contribution in [3.63, 3.8) is 0 Å². The van der Waals surface area contributed by atoms with Crippen LogP contribution in [0.3, 0.4) is 0 Å². The summed E-state index contributed by atoms with van der Waals surface area (Å²) >= 11 is 0. The minimum Gasteiger partial charge on any atom is -0.352 e. The molecule has 1 amide bonds. The van der Waals surface area contributed by atoms with Gasteiger partial charge in [0.15, 0.2) is 0 Å². The monoisotopic (exact) mass is 339 g/mol. The third-order valence-electron chi connectivity index (χ3n) is 3.69. The maximum atomic E-state index is 13.2. The lowest BCUT2D eigenvalue weighted by molar-refractivity contribution is -0.121. The molecule has 0 fully saturated rings. The SMILES string of the molecule is Cc1cccc(CNC(=O)CCc2nc(-c3cccc(F)c3)no2)c1. The zero-order valence-corrected chi connectivity index (χ0v) is 13.8. The molecule has 25 heavy (non-hydrogen) atoms. The fraction of sp³-hybridized carbons (Fsp3) is 0.211. The van der Waals surface area contributed by atoms with E-state index in [1.807, 2.05) is 31.2 Å². The van der Waals surface area contributed by atoms with Crippen molar-refractivity contribution in [2.24, 2.45) is 0 Å². The number of carbonyl (C=O) groups excluding carboxylic acids is 1. The molecule has 5 nitrogen and oxygen atoms in total. The average Bonchev–Trinajstić information content (AvgIpc) is 3.07. The van der Waals surface area contributed by atoms with Crippen LogP contribution in [0, 0.1) is 12.7 Å². The molecule has 3 rings (SSSR count). The molecular formula is C19H18FN3O2. The van der Waals surface area contributed by atoms with Crippen LogP contribution in [0.25, 0.3) is 11.4 Å². The third kappa shape index (κ3) is 4.73. The molecule has 0 saturated heterocycles. The van der Waals surface area contributed by atoms with E-state index >= 15 is 0 Å². The van der Waals surface area contributed by atoms with Gasteiger partial charge in [0.05, 0.1) is 0 Å². The van der Waals surface area contributed by atoms with Crippen molar-refractivity contribution in [3.8, 4) is 11.4 Å². The molecular weight excluding hydrogens is 321 g/mol. The molecule has 2 aromatic carbocycles. The van der Waals surface area contributed by atoms with Crippen molar-refractivity contribution >= 4 is 5.91 Å². The fourth-order valence-electron chi connectivity index (χ4n) is 2.43. The van der Waals surface area contributed by atoms with Crippen LogP contribution in [-0.2, 0) is 17.8 Å². The quantitative estimate of drug-likeness (QED) is 0.747. The van der Waals surface area contributed by atoms with Crippen LogP contribution in [0.2, 0.25) is 0 Å². The largest absolute Gasteiger partial charge is 0.352 e. The van der Waals surface area contributed by atoms with Gasteiger partial charge in [-0.1, -0.05) is 47.1 Å². The van der Waals surface area contributed by atoms with Crippen molar-refractivity contribution in [2.45, 2.75) is 26.3 Å². The summed E-state index contributed by atoms with van der Waals surface area (Å²) < 4.78 is 18.3. The van der Waals surface area contributed by atoms with Gasteiger partial charge in [0.2, 0.25) is 17.6 Å². The fourth-order valence-corrected chi connectivity index (χ4v) is 2.43. The number of hydrogen-bond donors (Lipinski definition) is 1. The van der Waals surface area contributed by atoms with E-state index in [1.165, 1.54) is 12.1 Å². The van der Waals surface area contributed by atoms with Crippen LogP contribution in [-0.4, -0.2) is 16.0 Å². The molecule has 0 aliphatic heterocycles. The van der Waals surface area contributed by atoms with Crippen LogP contribution in [0.4, 0.5) is 4.39 Å². The minimum absolute atomic E-state index is 0.0907. The number of hydrogen-bond acceptors (Lipinski definition) is 4. The maximum absolute atomic E-state index is 13.2. The number of aromatic nitrogens is 2. The Balaban J connectivity index is 1.51. The minimum atomic E-state index is -0.362. The van der Waals surface area contributed by atoms with Crippen molar-refractivity contribution in [2.75, 3.05) is 0 Å². The van der Waals surface area contributed by atoms with Gasteiger partial charge in [0.25, 0.3) is 0 Å². The number of nitrogens with zero attached hydrogens (tertiary/aromatic N) is 2. The van der Waals surface area contributed by atoms with Gasteiger partial charge in [-0.15, -0.1) is 0 Å². The molecule has 1 aromatic heterocycles. The van der Waals surface area contributed by atoms with Crippen molar-refractivity contribution in [1.29, 1.82) is 0 Å². The molecule has 0 bridgehead atoms. The molecule has 6 heteroatoms. The van der Waals surface area contributed by atoms with Crippen molar-refractivity contribution in [3.05, 3.63) is 71.4 Å². The molecule has 0 aliphatic rings. The molecule has 0 radical (unpaired) electrons. The summed E-state index contributed by atoms with van der Waals surface area (Å²) in [6.45, 7) is 2.50. The molecule has 0 aliphatic carbocycles. The Morgan fingerprint density at radius 2 is 2.04 bits per heavy atom. The highest BCUT2D eigenvalue weighted by Gasteiger charge is 2.11. The molecule has 0 spiro atoms. The topological polar surface area (TPSA) is 68.0 Å². The van der Waals surface area contributed by atoms with Crippen LogP contribution in [0.5, 0.6) is 0 Å². The summed E-state index contributed by atoms with van der Waals surface area (Å²) in [5.41, 5.74) is 2.75. The van der Waals surface area contributed by atoms with E-state index in [9.17, 15) is 9.18 Å². The first-order valence-electron chi connectivity index (χ1n) is 8.01. The Morgan fingerprint density at radius 1 is 1.20 bits per heavy atom. The summed E-state index contributed by atoms with van der Waals surface area (Å²) in [7, 11) is 0. The number of rotatable bonds is 6. The van der Waals surface area contributed by atoms with E-state index in [4.69, 9.17) is 4.52 Å². The van der Waals surface area contributed by atoms with Crippen LogP contribution < -0.4 is 5.32 Å². The maximum Gasteiger partial charge on any atom is 0.227 e. The van der Waals surface area contributed by atoms with Crippen LogP contribution >= 0.6 is 0 Å². The van der Waals surface area contributed by atoms with Gasteiger partial charge in [0.1, 0.15) is 5.82 Å². The van der Waals surface area contributed by atoms with Crippen molar-refractivity contribution < 1.29 is 13.7 Å². The summed E-state index contributed by atoms with van der Waals surface area (Å²) in [6, 6.07) is 13.9. The number of carbonyl (C=O) groups is 1. The van der Waals surface area contributed by atoms with E-state index in [1.54, 1.807) is 12.1 Å².